The zero-order valence-corrected chi connectivity index (χ0v) is 23.6. The molecule has 0 atom stereocenters. The maximum absolute atomic E-state index is 15.3. The van der Waals surface area contributed by atoms with Crippen LogP contribution in [0.5, 0.6) is 0 Å². The van der Waals surface area contributed by atoms with Gasteiger partial charge in [0.25, 0.3) is 10.0 Å². The molecule has 9 nitrogen and oxygen atoms in total. The Morgan fingerprint density at radius 2 is 1.71 bits per heavy atom. The Morgan fingerprint density at radius 1 is 1.00 bits per heavy atom. The Morgan fingerprint density at radius 3 is 2.36 bits per heavy atom. The molecule has 12 heteroatoms. The number of nitrogens with two attached hydrogens (primary N) is 1. The summed E-state index contributed by atoms with van der Waals surface area (Å²) in [5.41, 5.74) is 9.94. The lowest BCUT2D eigenvalue weighted by Crippen LogP contribution is -2.40. The number of ether oxygens (including phenoxy) is 1. The van der Waals surface area contributed by atoms with Gasteiger partial charge in [-0.1, -0.05) is 44.2 Å². The average molecular weight is 591 g/mol. The summed E-state index contributed by atoms with van der Waals surface area (Å²) in [6, 6.07) is 17.1. The summed E-state index contributed by atoms with van der Waals surface area (Å²) < 4.78 is 64.2. The van der Waals surface area contributed by atoms with Crippen molar-refractivity contribution in [1.82, 2.24) is 14.4 Å². The van der Waals surface area contributed by atoms with Crippen LogP contribution in [0.4, 0.5) is 26.0 Å². The van der Waals surface area contributed by atoms with Crippen LogP contribution in [0.15, 0.2) is 77.8 Å². The van der Waals surface area contributed by atoms with Crippen LogP contribution in [0.3, 0.4) is 0 Å². The minimum Gasteiger partial charge on any atom is -0.382 e. The van der Waals surface area contributed by atoms with Crippen molar-refractivity contribution in [1.29, 1.82) is 0 Å². The first-order valence-electron chi connectivity index (χ1n) is 13.3. The van der Waals surface area contributed by atoms with E-state index in [-0.39, 0.29) is 17.4 Å². The summed E-state index contributed by atoms with van der Waals surface area (Å²) in [4.78, 5) is 8.70. The number of aromatic nitrogens is 3. The van der Waals surface area contributed by atoms with E-state index in [0.717, 1.165) is 29.1 Å². The van der Waals surface area contributed by atoms with Crippen LogP contribution in [0, 0.1) is 11.6 Å². The SMILES string of the molecule is CC(C)c1nc(-c2ccc(NS(=O)(=O)c3ccccc3F)c(F)c2)c2c(N)ncc(-c3ccc(NC4COC4)cc3)n12. The Labute approximate surface area is 241 Å². The number of hydrogen-bond acceptors (Lipinski definition) is 7. The second-order valence-corrected chi connectivity index (χ2v) is 12.0. The highest BCUT2D eigenvalue weighted by Gasteiger charge is 2.24. The van der Waals surface area contributed by atoms with Gasteiger partial charge < -0.3 is 15.8 Å². The van der Waals surface area contributed by atoms with Gasteiger partial charge in [-0.2, -0.15) is 0 Å². The van der Waals surface area contributed by atoms with E-state index in [0.29, 0.717) is 41.9 Å². The lowest BCUT2D eigenvalue weighted by molar-refractivity contribution is 0.0211. The molecule has 3 aromatic carbocycles. The fourth-order valence-electron chi connectivity index (χ4n) is 4.86. The van der Waals surface area contributed by atoms with E-state index in [9.17, 15) is 12.8 Å². The molecule has 1 aliphatic rings. The molecule has 1 aliphatic heterocycles. The van der Waals surface area contributed by atoms with Gasteiger partial charge in [0.2, 0.25) is 0 Å². The Bertz CT molecular complexity index is 1910. The standard InChI is InChI=1S/C30H28F2N6O3S/c1-17(2)30-36-27(19-9-12-24(23(32)13-19)37-42(39,40)26-6-4-3-5-22(26)31)28-29(33)34-14-25(38(28)30)18-7-10-20(11-8-18)35-21-15-41-16-21/h3-14,17,21,35,37H,15-16H2,1-2H3,(H2,33,34). The molecule has 6 rings (SSSR count). The number of nitrogen functional groups attached to an aromatic ring is 1. The number of sulfonamides is 1. The lowest BCUT2D eigenvalue weighted by Gasteiger charge is -2.27. The van der Waals surface area contributed by atoms with Crippen LogP contribution in [-0.4, -0.2) is 42.0 Å². The summed E-state index contributed by atoms with van der Waals surface area (Å²) in [6.07, 6.45) is 1.68. The summed E-state index contributed by atoms with van der Waals surface area (Å²) in [5, 5.41) is 3.42. The molecule has 5 aromatic rings. The van der Waals surface area contributed by atoms with E-state index in [1.54, 1.807) is 6.20 Å². The monoisotopic (exact) mass is 590 g/mol. The van der Waals surface area contributed by atoms with E-state index >= 15 is 4.39 Å². The van der Waals surface area contributed by atoms with Gasteiger partial charge >= 0.3 is 0 Å². The van der Waals surface area contributed by atoms with Crippen molar-refractivity contribution >= 4 is 32.7 Å². The third kappa shape index (κ3) is 5.03. The predicted octanol–water partition coefficient (Wildman–Crippen LogP) is 5.66. The summed E-state index contributed by atoms with van der Waals surface area (Å²) in [7, 11) is -4.36. The van der Waals surface area contributed by atoms with Crippen LogP contribution in [-0.2, 0) is 14.8 Å². The van der Waals surface area contributed by atoms with E-state index in [1.165, 1.54) is 30.3 Å². The average Bonchev–Trinajstić information content (AvgIpc) is 3.35. The number of anilines is 3. The molecule has 3 heterocycles. The smallest absolute Gasteiger partial charge is 0.264 e. The van der Waals surface area contributed by atoms with Crippen molar-refractivity contribution in [3.63, 3.8) is 0 Å². The van der Waals surface area contributed by atoms with Crippen molar-refractivity contribution in [3.8, 4) is 22.5 Å². The summed E-state index contributed by atoms with van der Waals surface area (Å²) in [6.45, 7) is 5.35. The van der Waals surface area contributed by atoms with Gasteiger partial charge in [-0.15, -0.1) is 0 Å². The van der Waals surface area contributed by atoms with Gasteiger partial charge in [0, 0.05) is 22.7 Å². The molecule has 0 bridgehead atoms. The van der Waals surface area contributed by atoms with Gasteiger partial charge in [-0.05, 0) is 36.4 Å². The number of benzene rings is 3. The summed E-state index contributed by atoms with van der Waals surface area (Å²) >= 11 is 0. The molecule has 42 heavy (non-hydrogen) atoms. The second kappa shape index (κ2) is 10.7. The molecule has 0 spiro atoms. The number of hydrogen-bond donors (Lipinski definition) is 3. The van der Waals surface area contributed by atoms with Gasteiger partial charge in [0.05, 0.1) is 36.8 Å². The minimum absolute atomic E-state index is 0.0249. The van der Waals surface area contributed by atoms with Gasteiger partial charge in [-0.25, -0.2) is 27.2 Å². The molecular weight excluding hydrogens is 562 g/mol. The number of halogens is 2. The predicted molar refractivity (Wildman–Crippen MR) is 158 cm³/mol. The van der Waals surface area contributed by atoms with E-state index < -0.39 is 26.6 Å². The Kier molecular flexibility index (Phi) is 7.03. The van der Waals surface area contributed by atoms with E-state index in [4.69, 9.17) is 15.5 Å². The van der Waals surface area contributed by atoms with E-state index in [1.807, 2.05) is 42.5 Å². The van der Waals surface area contributed by atoms with Crippen LogP contribution in [0.2, 0.25) is 0 Å². The quantitative estimate of drug-likeness (QED) is 0.213. The maximum Gasteiger partial charge on any atom is 0.264 e. The Hall–Kier alpha value is -4.55. The first-order valence-corrected chi connectivity index (χ1v) is 14.8. The topological polar surface area (TPSA) is 124 Å². The van der Waals surface area contributed by atoms with Crippen LogP contribution >= 0.6 is 0 Å². The third-order valence-electron chi connectivity index (χ3n) is 7.03. The normalized spacial score (nSPS) is 13.8. The molecule has 0 saturated carbocycles. The first kappa shape index (κ1) is 27.6. The highest BCUT2D eigenvalue weighted by molar-refractivity contribution is 7.92. The maximum atomic E-state index is 15.3. The minimum atomic E-state index is -4.36. The first-order chi connectivity index (χ1) is 20.1. The molecule has 0 radical (unpaired) electrons. The second-order valence-electron chi connectivity index (χ2n) is 10.4. The molecule has 1 saturated heterocycles. The van der Waals surface area contributed by atoms with Crippen LogP contribution in [0.1, 0.15) is 25.6 Å². The molecular formula is C30H28F2N6O3S. The highest BCUT2D eigenvalue weighted by Crippen LogP contribution is 2.36. The lowest BCUT2D eigenvalue weighted by atomic mass is 10.1. The van der Waals surface area contributed by atoms with Crippen LogP contribution < -0.4 is 15.8 Å². The molecule has 2 aromatic heterocycles. The van der Waals surface area contributed by atoms with E-state index in [2.05, 4.69) is 15.0 Å². The fraction of sp³-hybridized carbons (Fsp3) is 0.200. The molecule has 0 unspecified atom stereocenters. The number of nitrogens with zero attached hydrogens (tertiary/aromatic N) is 3. The number of imidazole rings is 1. The largest absolute Gasteiger partial charge is 0.382 e. The van der Waals surface area contributed by atoms with Gasteiger partial charge in [0.1, 0.15) is 39.4 Å². The highest BCUT2D eigenvalue weighted by atomic mass is 32.2. The number of nitrogens with one attached hydrogen (secondary N) is 2. The van der Waals surface area contributed by atoms with Gasteiger partial charge in [0.15, 0.2) is 0 Å². The van der Waals surface area contributed by atoms with Crippen molar-refractivity contribution in [2.24, 2.45) is 0 Å². The van der Waals surface area contributed by atoms with Gasteiger partial charge in [-0.3, -0.25) is 9.12 Å². The molecule has 4 N–H and O–H groups in total. The van der Waals surface area contributed by atoms with Crippen molar-refractivity contribution in [2.45, 2.75) is 30.7 Å². The number of rotatable bonds is 8. The van der Waals surface area contributed by atoms with Crippen molar-refractivity contribution in [3.05, 3.63) is 90.4 Å². The third-order valence-corrected chi connectivity index (χ3v) is 8.43. The zero-order valence-electron chi connectivity index (χ0n) is 22.8. The molecule has 1 fully saturated rings. The zero-order chi connectivity index (χ0) is 29.6. The molecule has 0 aliphatic carbocycles. The fourth-order valence-corrected chi connectivity index (χ4v) is 6.01. The van der Waals surface area contributed by atoms with Crippen LogP contribution in [0.25, 0.3) is 28.0 Å². The Balaban J connectivity index is 1.40. The number of fused-ring (bicyclic) bond motifs is 1. The molecule has 216 valence electrons. The van der Waals surface area contributed by atoms with Crippen molar-refractivity contribution < 1.29 is 21.9 Å². The van der Waals surface area contributed by atoms with Crippen molar-refractivity contribution in [2.75, 3.05) is 29.0 Å². The summed E-state index contributed by atoms with van der Waals surface area (Å²) in [5.74, 6) is -0.917. The molecule has 0 amide bonds.